The van der Waals surface area contributed by atoms with Crippen LogP contribution in [0.4, 0.5) is 8.78 Å². The van der Waals surface area contributed by atoms with Gasteiger partial charge in [0.05, 0.1) is 6.42 Å². The molecule has 0 saturated carbocycles. The molecule has 0 N–H and O–H groups in total. The Bertz CT molecular complexity index is 749. The van der Waals surface area contributed by atoms with Crippen LogP contribution in [0, 0.1) is 18.6 Å². The molecule has 1 aromatic heterocycles. The summed E-state index contributed by atoms with van der Waals surface area (Å²) in [4.78, 5) is 20.3. The summed E-state index contributed by atoms with van der Waals surface area (Å²) in [5, 5.41) is 3.78. The Balaban J connectivity index is 1.72. The highest BCUT2D eigenvalue weighted by Gasteiger charge is 2.32. The summed E-state index contributed by atoms with van der Waals surface area (Å²) >= 11 is 0. The maximum absolute atomic E-state index is 13.7. The standard InChI is InChI=1S/C16H18F2N4O2/c1-10-19-16(24-20-10)13-9-22(7-6-21(13)2)14(23)8-11-4-3-5-12(17)15(11)18/h3-5,13H,6-9H2,1-2H3. The van der Waals surface area contributed by atoms with Gasteiger partial charge in [-0.25, -0.2) is 8.78 Å². The van der Waals surface area contributed by atoms with Crippen molar-refractivity contribution in [3.8, 4) is 0 Å². The van der Waals surface area contributed by atoms with Gasteiger partial charge in [-0.15, -0.1) is 0 Å². The van der Waals surface area contributed by atoms with E-state index in [1.807, 2.05) is 11.9 Å². The molecule has 0 aliphatic carbocycles. The zero-order valence-corrected chi connectivity index (χ0v) is 13.5. The van der Waals surface area contributed by atoms with Crippen molar-refractivity contribution in [1.82, 2.24) is 19.9 Å². The van der Waals surface area contributed by atoms with Gasteiger partial charge in [0.25, 0.3) is 0 Å². The lowest BCUT2D eigenvalue weighted by Gasteiger charge is -2.37. The molecular weight excluding hydrogens is 318 g/mol. The fourth-order valence-corrected chi connectivity index (χ4v) is 2.78. The minimum atomic E-state index is -0.968. The first kappa shape index (κ1) is 16.5. The second-order valence-electron chi connectivity index (χ2n) is 5.91. The maximum Gasteiger partial charge on any atom is 0.245 e. The molecule has 2 aromatic rings. The fourth-order valence-electron chi connectivity index (χ4n) is 2.78. The van der Waals surface area contributed by atoms with E-state index in [-0.39, 0.29) is 23.9 Å². The summed E-state index contributed by atoms with van der Waals surface area (Å²) in [6.45, 7) is 3.23. The summed E-state index contributed by atoms with van der Waals surface area (Å²) in [6.07, 6.45) is -0.178. The van der Waals surface area contributed by atoms with Crippen LogP contribution in [0.1, 0.15) is 23.3 Å². The minimum absolute atomic E-state index is 0.0594. The van der Waals surface area contributed by atoms with Crippen molar-refractivity contribution < 1.29 is 18.1 Å². The molecule has 1 unspecified atom stereocenters. The SMILES string of the molecule is Cc1noc(C2CN(C(=O)Cc3cccc(F)c3F)CCN2C)n1. The van der Waals surface area contributed by atoms with E-state index in [0.717, 1.165) is 6.07 Å². The number of rotatable bonds is 3. The number of aryl methyl sites for hydroxylation is 1. The van der Waals surface area contributed by atoms with Gasteiger partial charge in [0.15, 0.2) is 17.5 Å². The van der Waals surface area contributed by atoms with E-state index >= 15 is 0 Å². The predicted molar refractivity (Wildman–Crippen MR) is 81.0 cm³/mol. The first-order valence-corrected chi connectivity index (χ1v) is 7.67. The molecular formula is C16H18F2N4O2. The number of piperazine rings is 1. The van der Waals surface area contributed by atoms with Gasteiger partial charge in [0.1, 0.15) is 6.04 Å². The number of nitrogens with zero attached hydrogens (tertiary/aromatic N) is 4. The van der Waals surface area contributed by atoms with Crippen molar-refractivity contribution in [2.75, 3.05) is 26.7 Å². The van der Waals surface area contributed by atoms with Gasteiger partial charge < -0.3 is 9.42 Å². The maximum atomic E-state index is 13.7. The smallest absolute Gasteiger partial charge is 0.245 e. The minimum Gasteiger partial charge on any atom is -0.339 e. The molecule has 1 aliphatic heterocycles. The predicted octanol–water partition coefficient (Wildman–Crippen LogP) is 1.71. The molecule has 1 fully saturated rings. The van der Waals surface area contributed by atoms with E-state index in [0.29, 0.717) is 31.3 Å². The number of likely N-dealkylation sites (N-methyl/N-ethyl adjacent to an activating group) is 1. The highest BCUT2D eigenvalue weighted by atomic mass is 19.2. The Hall–Kier alpha value is -2.35. The van der Waals surface area contributed by atoms with Crippen molar-refractivity contribution in [3.63, 3.8) is 0 Å². The largest absolute Gasteiger partial charge is 0.339 e. The second-order valence-corrected chi connectivity index (χ2v) is 5.91. The van der Waals surface area contributed by atoms with Gasteiger partial charge in [-0.2, -0.15) is 4.98 Å². The van der Waals surface area contributed by atoms with Crippen molar-refractivity contribution >= 4 is 5.91 Å². The summed E-state index contributed by atoms with van der Waals surface area (Å²) in [7, 11) is 1.91. The second kappa shape index (κ2) is 6.64. The average molecular weight is 336 g/mol. The van der Waals surface area contributed by atoms with Gasteiger partial charge in [-0.1, -0.05) is 17.3 Å². The van der Waals surface area contributed by atoms with E-state index in [1.54, 1.807) is 11.8 Å². The monoisotopic (exact) mass is 336 g/mol. The van der Waals surface area contributed by atoms with Gasteiger partial charge in [-0.3, -0.25) is 9.69 Å². The third-order valence-electron chi connectivity index (χ3n) is 4.20. The quantitative estimate of drug-likeness (QED) is 0.854. The Morgan fingerprint density at radius 1 is 1.38 bits per heavy atom. The van der Waals surface area contributed by atoms with Crippen LogP contribution < -0.4 is 0 Å². The Kier molecular flexibility index (Phi) is 4.57. The highest BCUT2D eigenvalue weighted by molar-refractivity contribution is 5.79. The molecule has 1 atom stereocenters. The average Bonchev–Trinajstić information content (AvgIpc) is 2.98. The first-order valence-electron chi connectivity index (χ1n) is 7.67. The van der Waals surface area contributed by atoms with E-state index in [1.165, 1.54) is 12.1 Å². The molecule has 6 nitrogen and oxygen atoms in total. The van der Waals surface area contributed by atoms with Crippen LogP contribution in [0.2, 0.25) is 0 Å². The lowest BCUT2D eigenvalue weighted by atomic mass is 10.1. The van der Waals surface area contributed by atoms with Crippen LogP contribution in [-0.4, -0.2) is 52.5 Å². The molecule has 0 bridgehead atoms. The molecule has 1 amide bonds. The van der Waals surface area contributed by atoms with Crippen molar-refractivity contribution in [1.29, 1.82) is 0 Å². The van der Waals surface area contributed by atoms with Crippen LogP contribution in [0.3, 0.4) is 0 Å². The van der Waals surface area contributed by atoms with Crippen LogP contribution in [0.25, 0.3) is 0 Å². The van der Waals surface area contributed by atoms with Gasteiger partial charge in [-0.05, 0) is 20.0 Å². The summed E-state index contributed by atoms with van der Waals surface area (Å²) < 4.78 is 32.2. The Labute approximate surface area is 138 Å². The number of hydrogen-bond donors (Lipinski definition) is 0. The molecule has 2 heterocycles. The molecule has 0 spiro atoms. The lowest BCUT2D eigenvalue weighted by molar-refractivity contribution is -0.133. The number of aromatic nitrogens is 2. The molecule has 24 heavy (non-hydrogen) atoms. The third-order valence-corrected chi connectivity index (χ3v) is 4.20. The number of halogens is 2. The zero-order chi connectivity index (χ0) is 17.3. The van der Waals surface area contributed by atoms with Crippen molar-refractivity contribution in [3.05, 3.63) is 47.1 Å². The summed E-state index contributed by atoms with van der Waals surface area (Å²) in [5.41, 5.74) is 0.0594. The molecule has 1 aliphatic rings. The zero-order valence-electron chi connectivity index (χ0n) is 13.5. The number of hydrogen-bond acceptors (Lipinski definition) is 5. The van der Waals surface area contributed by atoms with Crippen LogP contribution >= 0.6 is 0 Å². The summed E-state index contributed by atoms with van der Waals surface area (Å²) in [5.74, 6) is -1.19. The van der Waals surface area contributed by atoms with E-state index < -0.39 is 11.6 Å². The molecule has 128 valence electrons. The van der Waals surface area contributed by atoms with Gasteiger partial charge in [0, 0.05) is 25.2 Å². The fraction of sp³-hybridized carbons (Fsp3) is 0.438. The van der Waals surface area contributed by atoms with Crippen molar-refractivity contribution in [2.45, 2.75) is 19.4 Å². The van der Waals surface area contributed by atoms with Gasteiger partial charge in [0.2, 0.25) is 11.8 Å². The molecule has 3 rings (SSSR count). The van der Waals surface area contributed by atoms with Crippen LogP contribution in [0.15, 0.2) is 22.7 Å². The van der Waals surface area contributed by atoms with E-state index in [9.17, 15) is 13.6 Å². The lowest BCUT2D eigenvalue weighted by Crippen LogP contribution is -2.49. The normalized spacial score (nSPS) is 18.8. The number of carbonyl (C=O) groups excluding carboxylic acids is 1. The highest BCUT2D eigenvalue weighted by Crippen LogP contribution is 2.23. The molecule has 1 saturated heterocycles. The summed E-state index contributed by atoms with van der Waals surface area (Å²) in [6, 6.07) is 3.65. The van der Waals surface area contributed by atoms with Crippen LogP contribution in [-0.2, 0) is 11.2 Å². The van der Waals surface area contributed by atoms with E-state index in [2.05, 4.69) is 10.1 Å². The number of amides is 1. The van der Waals surface area contributed by atoms with Gasteiger partial charge >= 0.3 is 0 Å². The van der Waals surface area contributed by atoms with Crippen LogP contribution in [0.5, 0.6) is 0 Å². The molecule has 8 heteroatoms. The van der Waals surface area contributed by atoms with E-state index in [4.69, 9.17) is 4.52 Å². The Morgan fingerprint density at radius 3 is 2.88 bits per heavy atom. The number of carbonyl (C=O) groups is 1. The third kappa shape index (κ3) is 3.28. The topological polar surface area (TPSA) is 62.5 Å². The number of benzene rings is 1. The first-order chi connectivity index (χ1) is 11.5. The van der Waals surface area contributed by atoms with Crippen molar-refractivity contribution in [2.24, 2.45) is 0 Å². The molecule has 0 radical (unpaired) electrons. The molecule has 1 aromatic carbocycles. The Morgan fingerprint density at radius 2 is 2.17 bits per heavy atom.